The lowest BCUT2D eigenvalue weighted by atomic mass is 9.85. The highest BCUT2D eigenvalue weighted by Gasteiger charge is 2.24. The van der Waals surface area contributed by atoms with E-state index < -0.39 is 0 Å². The Kier molecular flexibility index (Phi) is 8.72. The molecule has 1 aliphatic carbocycles. The zero-order valence-electron chi connectivity index (χ0n) is 13.8. The van der Waals surface area contributed by atoms with Gasteiger partial charge in [0, 0.05) is 12.1 Å². The fourth-order valence-electron chi connectivity index (χ4n) is 3.50. The van der Waals surface area contributed by atoms with Crippen LogP contribution in [0.5, 0.6) is 0 Å². The second-order valence-electron chi connectivity index (χ2n) is 6.51. The maximum absolute atomic E-state index is 3.66. The normalized spacial score (nSPS) is 25.7. The van der Waals surface area contributed by atoms with E-state index in [1.165, 1.54) is 64.5 Å². The highest BCUT2D eigenvalue weighted by molar-refractivity contribution is 4.79. The molecule has 0 aromatic heterocycles. The molecule has 2 heteroatoms. The molecular formula is C17H36N2. The standard InChI is InChI=1S/C17H36N2/c1-5-13-18-16(6-2)11-9-14-19(4)17-12-8-7-10-15(17)3/h15-18H,5-14H2,1-4H3. The Morgan fingerprint density at radius 1 is 1.21 bits per heavy atom. The summed E-state index contributed by atoms with van der Waals surface area (Å²) < 4.78 is 0. The highest BCUT2D eigenvalue weighted by Crippen LogP contribution is 2.27. The van der Waals surface area contributed by atoms with E-state index in [4.69, 9.17) is 0 Å². The van der Waals surface area contributed by atoms with Crippen molar-refractivity contribution >= 4 is 0 Å². The second kappa shape index (κ2) is 9.77. The van der Waals surface area contributed by atoms with Crippen LogP contribution in [0.1, 0.15) is 72.1 Å². The molecule has 1 saturated carbocycles. The Hall–Kier alpha value is -0.0800. The Labute approximate surface area is 121 Å². The predicted octanol–water partition coefficient (Wildman–Crippen LogP) is 4.06. The van der Waals surface area contributed by atoms with Crippen molar-refractivity contribution < 1.29 is 0 Å². The molecular weight excluding hydrogens is 232 g/mol. The van der Waals surface area contributed by atoms with Crippen molar-refractivity contribution in [2.75, 3.05) is 20.1 Å². The zero-order chi connectivity index (χ0) is 14.1. The minimum Gasteiger partial charge on any atom is -0.314 e. The molecule has 1 N–H and O–H groups in total. The maximum atomic E-state index is 3.66. The summed E-state index contributed by atoms with van der Waals surface area (Å²) in [4.78, 5) is 2.64. The van der Waals surface area contributed by atoms with Gasteiger partial charge < -0.3 is 10.2 Å². The van der Waals surface area contributed by atoms with Gasteiger partial charge in [0.05, 0.1) is 0 Å². The van der Waals surface area contributed by atoms with E-state index in [-0.39, 0.29) is 0 Å². The molecule has 0 amide bonds. The topological polar surface area (TPSA) is 15.3 Å². The summed E-state index contributed by atoms with van der Waals surface area (Å²) in [5.74, 6) is 0.902. The van der Waals surface area contributed by atoms with Gasteiger partial charge in [0.2, 0.25) is 0 Å². The molecule has 1 aliphatic rings. The molecule has 1 fully saturated rings. The summed E-state index contributed by atoms with van der Waals surface area (Å²) in [7, 11) is 2.34. The van der Waals surface area contributed by atoms with Gasteiger partial charge in [-0.15, -0.1) is 0 Å². The van der Waals surface area contributed by atoms with Crippen LogP contribution >= 0.6 is 0 Å². The van der Waals surface area contributed by atoms with Crippen LogP contribution in [0.15, 0.2) is 0 Å². The molecule has 0 spiro atoms. The molecule has 2 nitrogen and oxygen atoms in total. The van der Waals surface area contributed by atoms with Crippen LogP contribution in [0, 0.1) is 5.92 Å². The van der Waals surface area contributed by atoms with Crippen molar-refractivity contribution in [2.45, 2.75) is 84.2 Å². The fraction of sp³-hybridized carbons (Fsp3) is 1.00. The molecule has 0 bridgehead atoms. The first-order valence-corrected chi connectivity index (χ1v) is 8.62. The number of nitrogens with one attached hydrogen (secondary N) is 1. The molecule has 1 rings (SSSR count). The summed E-state index contributed by atoms with van der Waals surface area (Å²) in [5.41, 5.74) is 0. The Bertz CT molecular complexity index is 217. The van der Waals surface area contributed by atoms with Crippen LogP contribution < -0.4 is 5.32 Å². The van der Waals surface area contributed by atoms with Gasteiger partial charge in [-0.25, -0.2) is 0 Å². The van der Waals surface area contributed by atoms with Crippen molar-refractivity contribution in [1.29, 1.82) is 0 Å². The van der Waals surface area contributed by atoms with Crippen LogP contribution in [0.25, 0.3) is 0 Å². The number of rotatable bonds is 9. The zero-order valence-corrected chi connectivity index (χ0v) is 13.8. The number of nitrogens with zero attached hydrogens (tertiary/aromatic N) is 1. The summed E-state index contributed by atoms with van der Waals surface area (Å²) >= 11 is 0. The molecule has 0 radical (unpaired) electrons. The summed E-state index contributed by atoms with van der Waals surface area (Å²) in [6, 6.07) is 1.58. The smallest absolute Gasteiger partial charge is 0.0118 e. The molecule has 114 valence electrons. The second-order valence-corrected chi connectivity index (χ2v) is 6.51. The number of hydrogen-bond acceptors (Lipinski definition) is 2. The van der Waals surface area contributed by atoms with Gasteiger partial charge in [-0.05, 0) is 64.6 Å². The van der Waals surface area contributed by atoms with E-state index in [0.717, 1.165) is 18.0 Å². The van der Waals surface area contributed by atoms with Gasteiger partial charge in [-0.2, -0.15) is 0 Å². The van der Waals surface area contributed by atoms with Crippen molar-refractivity contribution in [1.82, 2.24) is 10.2 Å². The van der Waals surface area contributed by atoms with Gasteiger partial charge >= 0.3 is 0 Å². The SMILES string of the molecule is CCCNC(CC)CCCN(C)C1CCCCC1C. The van der Waals surface area contributed by atoms with Crippen molar-refractivity contribution in [2.24, 2.45) is 5.92 Å². The van der Waals surface area contributed by atoms with Crippen LogP contribution in [0.4, 0.5) is 0 Å². The van der Waals surface area contributed by atoms with E-state index in [2.05, 4.69) is 38.0 Å². The van der Waals surface area contributed by atoms with E-state index >= 15 is 0 Å². The van der Waals surface area contributed by atoms with E-state index in [1.807, 2.05) is 0 Å². The monoisotopic (exact) mass is 268 g/mol. The molecule has 0 aliphatic heterocycles. The van der Waals surface area contributed by atoms with Gasteiger partial charge in [0.1, 0.15) is 0 Å². The van der Waals surface area contributed by atoms with Crippen LogP contribution in [-0.2, 0) is 0 Å². The lowest BCUT2D eigenvalue weighted by molar-refractivity contribution is 0.136. The van der Waals surface area contributed by atoms with Crippen LogP contribution in [-0.4, -0.2) is 37.1 Å². The fourth-order valence-corrected chi connectivity index (χ4v) is 3.50. The first-order valence-electron chi connectivity index (χ1n) is 8.62. The summed E-state index contributed by atoms with van der Waals surface area (Å²) in [6.45, 7) is 9.45. The average molecular weight is 268 g/mol. The quantitative estimate of drug-likeness (QED) is 0.678. The first kappa shape index (κ1) is 17.0. The Morgan fingerprint density at radius 3 is 2.58 bits per heavy atom. The predicted molar refractivity (Wildman–Crippen MR) is 85.7 cm³/mol. The minimum absolute atomic E-state index is 0.733. The third-order valence-electron chi connectivity index (χ3n) is 4.87. The van der Waals surface area contributed by atoms with E-state index in [9.17, 15) is 0 Å². The van der Waals surface area contributed by atoms with Gasteiger partial charge in [-0.3, -0.25) is 0 Å². The molecule has 3 atom stereocenters. The van der Waals surface area contributed by atoms with E-state index in [1.54, 1.807) is 0 Å². The largest absolute Gasteiger partial charge is 0.314 e. The molecule has 19 heavy (non-hydrogen) atoms. The third-order valence-corrected chi connectivity index (χ3v) is 4.87. The lowest BCUT2D eigenvalue weighted by Crippen LogP contribution is -2.40. The minimum atomic E-state index is 0.733. The Morgan fingerprint density at radius 2 is 1.95 bits per heavy atom. The van der Waals surface area contributed by atoms with Gasteiger partial charge in [-0.1, -0.05) is 33.6 Å². The average Bonchev–Trinajstić information content (AvgIpc) is 2.42. The number of hydrogen-bond donors (Lipinski definition) is 1. The van der Waals surface area contributed by atoms with Crippen molar-refractivity contribution in [3.05, 3.63) is 0 Å². The molecule has 0 heterocycles. The van der Waals surface area contributed by atoms with E-state index in [0.29, 0.717) is 0 Å². The summed E-state index contributed by atoms with van der Waals surface area (Å²) in [5, 5.41) is 3.66. The lowest BCUT2D eigenvalue weighted by Gasteiger charge is -2.36. The highest BCUT2D eigenvalue weighted by atomic mass is 15.1. The van der Waals surface area contributed by atoms with Gasteiger partial charge in [0.15, 0.2) is 0 Å². The molecule has 3 unspecified atom stereocenters. The van der Waals surface area contributed by atoms with Crippen molar-refractivity contribution in [3.8, 4) is 0 Å². The molecule has 0 aromatic carbocycles. The van der Waals surface area contributed by atoms with Crippen LogP contribution in [0.2, 0.25) is 0 Å². The molecule has 0 aromatic rings. The van der Waals surface area contributed by atoms with Crippen molar-refractivity contribution in [3.63, 3.8) is 0 Å². The van der Waals surface area contributed by atoms with Gasteiger partial charge in [0.25, 0.3) is 0 Å². The van der Waals surface area contributed by atoms with Crippen LogP contribution in [0.3, 0.4) is 0 Å². The third kappa shape index (κ3) is 6.27. The maximum Gasteiger partial charge on any atom is 0.0118 e. The summed E-state index contributed by atoms with van der Waals surface area (Å²) in [6.07, 6.45) is 10.9. The Balaban J connectivity index is 2.19. The molecule has 0 saturated heterocycles. The first-order chi connectivity index (χ1) is 9.19.